The van der Waals surface area contributed by atoms with Crippen LogP contribution in [-0.2, 0) is 0 Å². The second kappa shape index (κ2) is 3.97. The van der Waals surface area contributed by atoms with E-state index in [1.807, 2.05) is 4.90 Å². The van der Waals surface area contributed by atoms with Crippen LogP contribution in [0.4, 0.5) is 0 Å². The third-order valence-electron chi connectivity index (χ3n) is 2.46. The number of hydrogen-bond donors (Lipinski definition) is 1. The summed E-state index contributed by atoms with van der Waals surface area (Å²) in [5, 5.41) is 0. The van der Waals surface area contributed by atoms with Crippen LogP contribution in [0.25, 0.3) is 0 Å². The maximum atomic E-state index is 2.34. The summed E-state index contributed by atoms with van der Waals surface area (Å²) >= 11 is 0. The Morgan fingerprint density at radius 2 is 2.00 bits per heavy atom. The zero-order chi connectivity index (χ0) is 7.40. The Kier molecular flexibility index (Phi) is 3.20. The molecule has 0 aliphatic carbocycles. The molecule has 1 heterocycles. The first-order valence-corrected chi connectivity index (χ1v) is 4.69. The van der Waals surface area contributed by atoms with E-state index in [0.29, 0.717) is 0 Å². The fourth-order valence-corrected chi connectivity index (χ4v) is 1.46. The van der Waals surface area contributed by atoms with Gasteiger partial charge < -0.3 is 4.90 Å². The summed E-state index contributed by atoms with van der Waals surface area (Å²) < 4.78 is 0. The van der Waals surface area contributed by atoms with Crippen LogP contribution in [0.2, 0.25) is 0 Å². The third-order valence-corrected chi connectivity index (χ3v) is 2.46. The fraction of sp³-hybridized carbons (Fsp3) is 1.00. The largest absolute Gasteiger partial charge is 0.323 e. The predicted octanol–water partition coefficient (Wildman–Crippen LogP) is 0.854. The van der Waals surface area contributed by atoms with Gasteiger partial charge in [0.2, 0.25) is 0 Å². The van der Waals surface area contributed by atoms with Crippen LogP contribution < -0.4 is 4.90 Å². The first-order chi connectivity index (χ1) is 4.84. The summed E-state index contributed by atoms with van der Waals surface area (Å²) in [5.74, 6) is 0. The Morgan fingerprint density at radius 3 is 2.50 bits per heavy atom. The van der Waals surface area contributed by atoms with Crippen molar-refractivity contribution >= 4 is 0 Å². The minimum atomic E-state index is 0.988. The van der Waals surface area contributed by atoms with Gasteiger partial charge in [-0.25, -0.2) is 0 Å². The van der Waals surface area contributed by atoms with Crippen molar-refractivity contribution in [3.63, 3.8) is 0 Å². The predicted molar refractivity (Wildman–Crippen MR) is 44.3 cm³/mol. The summed E-state index contributed by atoms with van der Waals surface area (Å²) in [6.45, 7) is 7.48. The Hall–Kier alpha value is -0.0400. The summed E-state index contributed by atoms with van der Waals surface area (Å²) in [5.41, 5.74) is 0. The molecule has 1 aliphatic heterocycles. The smallest absolute Gasteiger partial charge is 0.134 e. The average Bonchev–Trinajstić information content (AvgIpc) is 2.60. The molecule has 1 fully saturated rings. The van der Waals surface area contributed by atoms with Crippen LogP contribution in [0.1, 0.15) is 39.5 Å². The van der Waals surface area contributed by atoms with Crippen LogP contribution in [0.5, 0.6) is 0 Å². The van der Waals surface area contributed by atoms with Crippen LogP contribution in [0.3, 0.4) is 0 Å². The molecule has 1 aliphatic rings. The lowest BCUT2D eigenvalue weighted by Crippen LogP contribution is -2.94. The van der Waals surface area contributed by atoms with Crippen molar-refractivity contribution in [3.8, 4) is 0 Å². The van der Waals surface area contributed by atoms with Gasteiger partial charge in [-0.05, 0) is 19.8 Å². The van der Waals surface area contributed by atoms with E-state index in [9.17, 15) is 0 Å². The number of quaternary nitrogens is 1. The number of rotatable bonds is 5. The third kappa shape index (κ3) is 2.70. The van der Waals surface area contributed by atoms with Gasteiger partial charge in [-0.1, -0.05) is 19.8 Å². The Bertz CT molecular complexity index is 90.7. The van der Waals surface area contributed by atoms with Gasteiger partial charge in [-0.2, -0.15) is 0 Å². The number of hydrogen-bond acceptors (Lipinski definition) is 0. The Labute approximate surface area is 64.4 Å². The van der Waals surface area contributed by atoms with E-state index in [0.717, 1.165) is 6.04 Å². The maximum absolute atomic E-state index is 2.34. The summed E-state index contributed by atoms with van der Waals surface area (Å²) in [6, 6.07) is 0.988. The molecule has 0 spiro atoms. The molecule has 1 nitrogen and oxygen atoms in total. The van der Waals surface area contributed by atoms with E-state index >= 15 is 0 Å². The van der Waals surface area contributed by atoms with Crippen LogP contribution in [-0.4, -0.2) is 19.1 Å². The highest BCUT2D eigenvalue weighted by atomic mass is 15.3. The second-order valence-electron chi connectivity index (χ2n) is 3.57. The molecule has 0 bridgehead atoms. The zero-order valence-corrected chi connectivity index (χ0v) is 7.32. The topological polar surface area (TPSA) is 4.44 Å². The lowest BCUT2D eigenvalue weighted by atomic mass is 10.2. The lowest BCUT2D eigenvalue weighted by Gasteiger charge is -1.97. The molecule has 0 aromatic rings. The number of unbranched alkanes of at least 4 members (excludes halogenated alkanes) is 3. The van der Waals surface area contributed by atoms with Gasteiger partial charge >= 0.3 is 0 Å². The molecule has 2 atom stereocenters. The van der Waals surface area contributed by atoms with Crippen molar-refractivity contribution < 1.29 is 4.90 Å². The molecule has 1 heteroatoms. The van der Waals surface area contributed by atoms with Gasteiger partial charge in [-0.3, -0.25) is 0 Å². The highest BCUT2D eigenvalue weighted by molar-refractivity contribution is 4.56. The molecule has 2 unspecified atom stereocenters. The van der Waals surface area contributed by atoms with Gasteiger partial charge in [0.25, 0.3) is 0 Å². The molecule has 1 N–H and O–H groups in total. The van der Waals surface area contributed by atoms with Crippen molar-refractivity contribution in [3.05, 3.63) is 0 Å². The summed E-state index contributed by atoms with van der Waals surface area (Å²) in [6.07, 6.45) is 5.70. The molecular weight excluding hydrogens is 122 g/mol. The van der Waals surface area contributed by atoms with Crippen LogP contribution in [0, 0.1) is 0 Å². The molecule has 60 valence electrons. The first-order valence-electron chi connectivity index (χ1n) is 4.69. The highest BCUT2D eigenvalue weighted by Gasteiger charge is 2.33. The normalized spacial score (nSPS) is 30.6. The maximum Gasteiger partial charge on any atom is 0.134 e. The zero-order valence-electron chi connectivity index (χ0n) is 7.32. The van der Waals surface area contributed by atoms with Crippen molar-refractivity contribution in [2.75, 3.05) is 13.1 Å². The standard InChI is InChI=1S/C9H19N/c1-3-4-5-6-7-10-8-9(10)2/h9H,3-8H2,1-2H3/p+1. The van der Waals surface area contributed by atoms with E-state index in [1.54, 1.807) is 0 Å². The van der Waals surface area contributed by atoms with E-state index in [2.05, 4.69) is 13.8 Å². The van der Waals surface area contributed by atoms with Crippen LogP contribution >= 0.6 is 0 Å². The second-order valence-corrected chi connectivity index (χ2v) is 3.57. The monoisotopic (exact) mass is 142 g/mol. The quantitative estimate of drug-likeness (QED) is 0.429. The van der Waals surface area contributed by atoms with Crippen molar-refractivity contribution in [1.82, 2.24) is 0 Å². The minimum absolute atomic E-state index is 0.988. The molecule has 0 saturated carbocycles. The molecule has 1 saturated heterocycles. The molecule has 0 amide bonds. The lowest BCUT2D eigenvalue weighted by molar-refractivity contribution is -0.773. The SMILES string of the molecule is CCCCCC[NH+]1CC1C. The fourth-order valence-electron chi connectivity index (χ4n) is 1.46. The Morgan fingerprint density at radius 1 is 1.30 bits per heavy atom. The van der Waals surface area contributed by atoms with Crippen molar-refractivity contribution in [1.29, 1.82) is 0 Å². The number of nitrogens with one attached hydrogen (secondary N) is 1. The molecule has 0 radical (unpaired) electrons. The molecule has 0 aromatic heterocycles. The molecule has 0 aromatic carbocycles. The molecular formula is C9H20N+. The van der Waals surface area contributed by atoms with Gasteiger partial charge in [0.15, 0.2) is 0 Å². The average molecular weight is 142 g/mol. The highest BCUT2D eigenvalue weighted by Crippen LogP contribution is 1.97. The van der Waals surface area contributed by atoms with Crippen molar-refractivity contribution in [2.45, 2.75) is 45.6 Å². The van der Waals surface area contributed by atoms with Gasteiger partial charge in [0.1, 0.15) is 12.6 Å². The van der Waals surface area contributed by atoms with E-state index < -0.39 is 0 Å². The van der Waals surface area contributed by atoms with E-state index in [4.69, 9.17) is 0 Å². The van der Waals surface area contributed by atoms with Gasteiger partial charge in [0, 0.05) is 0 Å². The van der Waals surface area contributed by atoms with Crippen LogP contribution in [0.15, 0.2) is 0 Å². The molecule has 1 rings (SSSR count). The minimum Gasteiger partial charge on any atom is -0.323 e. The molecule has 10 heavy (non-hydrogen) atoms. The van der Waals surface area contributed by atoms with Gasteiger partial charge in [-0.15, -0.1) is 0 Å². The summed E-state index contributed by atoms with van der Waals surface area (Å²) in [4.78, 5) is 1.83. The first kappa shape index (κ1) is 8.06. The Balaban J connectivity index is 1.78. The van der Waals surface area contributed by atoms with Crippen molar-refractivity contribution in [2.24, 2.45) is 0 Å². The van der Waals surface area contributed by atoms with E-state index in [1.165, 1.54) is 38.8 Å². The van der Waals surface area contributed by atoms with E-state index in [-0.39, 0.29) is 0 Å². The van der Waals surface area contributed by atoms with Gasteiger partial charge in [0.05, 0.1) is 6.54 Å². The summed E-state index contributed by atoms with van der Waals surface area (Å²) in [7, 11) is 0.